The fourth-order valence-corrected chi connectivity index (χ4v) is 1.85. The second kappa shape index (κ2) is 5.24. The van der Waals surface area contributed by atoms with Gasteiger partial charge in [0.05, 0.1) is 11.9 Å². The molecule has 0 aliphatic heterocycles. The zero-order chi connectivity index (χ0) is 11.3. The smallest absolute Gasteiger partial charge is 0.216 e. The summed E-state index contributed by atoms with van der Waals surface area (Å²) in [6.45, 7) is 1.35. The molecular formula is C8H15N3O3S. The summed E-state index contributed by atoms with van der Waals surface area (Å²) < 4.78 is 25.2. The Hall–Kier alpha value is -0.920. The molecule has 1 atom stereocenters. The van der Waals surface area contributed by atoms with Crippen LogP contribution < -0.4 is 4.72 Å². The van der Waals surface area contributed by atoms with E-state index in [1.807, 2.05) is 0 Å². The van der Waals surface area contributed by atoms with Crippen LogP contribution in [0.3, 0.4) is 0 Å². The maximum Gasteiger partial charge on any atom is 0.216 e. The summed E-state index contributed by atoms with van der Waals surface area (Å²) in [5, 5.41) is 7.93. The number of H-pyrrole nitrogens is 1. The monoisotopic (exact) mass is 233 g/mol. The quantitative estimate of drug-likeness (QED) is 0.602. The maximum absolute atomic E-state index is 11.4. The van der Waals surface area contributed by atoms with Gasteiger partial charge in [0, 0.05) is 25.4 Å². The minimum absolute atomic E-state index is 0.278. The summed E-state index contributed by atoms with van der Waals surface area (Å²) in [5.74, 6) is 0.731. The van der Waals surface area contributed by atoms with Crippen molar-refractivity contribution < 1.29 is 13.5 Å². The highest BCUT2D eigenvalue weighted by molar-refractivity contribution is 7.90. The molecule has 1 heterocycles. The molecule has 0 amide bonds. The van der Waals surface area contributed by atoms with Crippen LogP contribution in [0.1, 0.15) is 12.7 Å². The molecule has 86 valence electrons. The lowest BCUT2D eigenvalue weighted by Crippen LogP contribution is -2.35. The van der Waals surface area contributed by atoms with Crippen LogP contribution in [0.5, 0.6) is 0 Å². The first-order chi connectivity index (χ1) is 7.06. The molecule has 15 heavy (non-hydrogen) atoms. The average molecular weight is 233 g/mol. The van der Waals surface area contributed by atoms with Crippen molar-refractivity contribution in [2.24, 2.45) is 0 Å². The molecule has 0 saturated heterocycles. The van der Waals surface area contributed by atoms with Gasteiger partial charge in [0.1, 0.15) is 5.82 Å². The van der Waals surface area contributed by atoms with Gasteiger partial charge in [-0.1, -0.05) is 0 Å². The van der Waals surface area contributed by atoms with E-state index in [4.69, 9.17) is 5.11 Å². The molecule has 0 spiro atoms. The Labute approximate surface area is 88.8 Å². The number of hydrogen-bond acceptors (Lipinski definition) is 4. The molecule has 1 aromatic rings. The van der Waals surface area contributed by atoms with Gasteiger partial charge in [-0.3, -0.25) is 0 Å². The van der Waals surface area contributed by atoms with Crippen LogP contribution in [0.25, 0.3) is 0 Å². The van der Waals surface area contributed by atoms with E-state index in [0.717, 1.165) is 5.82 Å². The van der Waals surface area contributed by atoms with Crippen LogP contribution in [-0.4, -0.2) is 41.9 Å². The SMILES string of the molecule is CC(CO)S(=O)(=O)NCCc1ncc[nH]1. The van der Waals surface area contributed by atoms with E-state index in [1.54, 1.807) is 12.4 Å². The zero-order valence-electron chi connectivity index (χ0n) is 8.47. The minimum atomic E-state index is -3.41. The summed E-state index contributed by atoms with van der Waals surface area (Å²) in [4.78, 5) is 6.83. The van der Waals surface area contributed by atoms with E-state index < -0.39 is 15.3 Å². The Morgan fingerprint density at radius 2 is 2.40 bits per heavy atom. The molecule has 1 rings (SSSR count). The molecule has 0 fully saturated rings. The number of nitrogens with one attached hydrogen (secondary N) is 2. The number of aromatic nitrogens is 2. The van der Waals surface area contributed by atoms with Crippen LogP contribution in [0.15, 0.2) is 12.4 Å². The van der Waals surface area contributed by atoms with Gasteiger partial charge in [-0.05, 0) is 6.92 Å². The summed E-state index contributed by atoms with van der Waals surface area (Å²) in [5.41, 5.74) is 0. The molecule has 1 aromatic heterocycles. The number of nitrogens with zero attached hydrogens (tertiary/aromatic N) is 1. The number of rotatable bonds is 6. The van der Waals surface area contributed by atoms with Crippen molar-refractivity contribution >= 4 is 10.0 Å². The maximum atomic E-state index is 11.4. The van der Waals surface area contributed by atoms with Crippen LogP contribution >= 0.6 is 0 Å². The van der Waals surface area contributed by atoms with E-state index in [0.29, 0.717) is 6.42 Å². The number of aromatic amines is 1. The highest BCUT2D eigenvalue weighted by Gasteiger charge is 2.18. The molecule has 6 nitrogen and oxygen atoms in total. The molecule has 0 aromatic carbocycles. The van der Waals surface area contributed by atoms with Gasteiger partial charge in [0.25, 0.3) is 0 Å². The lowest BCUT2D eigenvalue weighted by molar-refractivity contribution is 0.295. The molecule has 7 heteroatoms. The van der Waals surface area contributed by atoms with E-state index in [9.17, 15) is 8.42 Å². The summed E-state index contributed by atoms with van der Waals surface area (Å²) in [6.07, 6.45) is 3.80. The van der Waals surface area contributed by atoms with Gasteiger partial charge in [-0.15, -0.1) is 0 Å². The number of aliphatic hydroxyl groups excluding tert-OH is 1. The molecule has 0 bridgehead atoms. The van der Waals surface area contributed by atoms with Gasteiger partial charge < -0.3 is 10.1 Å². The van der Waals surface area contributed by atoms with Crippen LogP contribution in [-0.2, 0) is 16.4 Å². The van der Waals surface area contributed by atoms with Gasteiger partial charge in [-0.25, -0.2) is 18.1 Å². The van der Waals surface area contributed by atoms with Gasteiger partial charge >= 0.3 is 0 Å². The first kappa shape index (κ1) is 12.2. The first-order valence-corrected chi connectivity index (χ1v) is 6.18. The fourth-order valence-electron chi connectivity index (χ4n) is 0.987. The van der Waals surface area contributed by atoms with Crippen molar-refractivity contribution in [2.75, 3.05) is 13.2 Å². The first-order valence-electron chi connectivity index (χ1n) is 4.64. The lowest BCUT2D eigenvalue weighted by Gasteiger charge is -2.10. The van der Waals surface area contributed by atoms with Crippen LogP contribution in [0.4, 0.5) is 0 Å². The Bertz CT molecular complexity index is 374. The highest BCUT2D eigenvalue weighted by Crippen LogP contribution is 1.97. The van der Waals surface area contributed by atoms with E-state index >= 15 is 0 Å². The average Bonchev–Trinajstić information content (AvgIpc) is 2.69. The van der Waals surface area contributed by atoms with Crippen LogP contribution in [0.2, 0.25) is 0 Å². The van der Waals surface area contributed by atoms with Crippen molar-refractivity contribution in [3.05, 3.63) is 18.2 Å². The zero-order valence-corrected chi connectivity index (χ0v) is 9.29. The Morgan fingerprint density at radius 3 is 2.93 bits per heavy atom. The Kier molecular flexibility index (Phi) is 4.25. The second-order valence-electron chi connectivity index (χ2n) is 3.22. The normalized spacial score (nSPS) is 14.0. The number of aliphatic hydroxyl groups is 1. The fraction of sp³-hybridized carbons (Fsp3) is 0.625. The Balaban J connectivity index is 2.37. The third-order valence-corrected chi connectivity index (χ3v) is 3.82. The number of sulfonamides is 1. The third-order valence-electron chi connectivity index (χ3n) is 2.01. The van der Waals surface area contributed by atoms with E-state index in [1.165, 1.54) is 6.92 Å². The van der Waals surface area contributed by atoms with Gasteiger partial charge in [-0.2, -0.15) is 0 Å². The topological polar surface area (TPSA) is 95.1 Å². The van der Waals surface area contributed by atoms with Gasteiger partial charge in [0.15, 0.2) is 0 Å². The Morgan fingerprint density at radius 1 is 1.67 bits per heavy atom. The molecule has 3 N–H and O–H groups in total. The standard InChI is InChI=1S/C8H15N3O3S/c1-7(6-12)15(13,14)11-3-2-8-9-4-5-10-8/h4-5,7,11-12H,2-3,6H2,1H3,(H,9,10). The molecule has 0 saturated carbocycles. The molecule has 0 aliphatic rings. The molecular weight excluding hydrogens is 218 g/mol. The van der Waals surface area contributed by atoms with E-state index in [-0.39, 0.29) is 13.2 Å². The predicted molar refractivity (Wildman–Crippen MR) is 55.8 cm³/mol. The highest BCUT2D eigenvalue weighted by atomic mass is 32.2. The van der Waals surface area contributed by atoms with Crippen molar-refractivity contribution in [1.82, 2.24) is 14.7 Å². The van der Waals surface area contributed by atoms with Crippen molar-refractivity contribution in [3.8, 4) is 0 Å². The van der Waals surface area contributed by atoms with Crippen LogP contribution in [0, 0.1) is 0 Å². The minimum Gasteiger partial charge on any atom is -0.395 e. The van der Waals surface area contributed by atoms with Crippen molar-refractivity contribution in [2.45, 2.75) is 18.6 Å². The van der Waals surface area contributed by atoms with E-state index in [2.05, 4.69) is 14.7 Å². The summed E-state index contributed by atoms with van der Waals surface area (Å²) in [7, 11) is -3.41. The summed E-state index contributed by atoms with van der Waals surface area (Å²) >= 11 is 0. The largest absolute Gasteiger partial charge is 0.395 e. The predicted octanol–water partition coefficient (Wildman–Crippen LogP) is -0.748. The lowest BCUT2D eigenvalue weighted by atomic mass is 10.4. The van der Waals surface area contributed by atoms with Crippen molar-refractivity contribution in [1.29, 1.82) is 0 Å². The molecule has 1 unspecified atom stereocenters. The molecule has 0 radical (unpaired) electrons. The number of imidazole rings is 1. The third kappa shape index (κ3) is 3.61. The van der Waals surface area contributed by atoms with Gasteiger partial charge in [0.2, 0.25) is 10.0 Å². The molecule has 0 aliphatic carbocycles. The summed E-state index contributed by atoms with van der Waals surface area (Å²) in [6, 6.07) is 0. The number of hydrogen-bond donors (Lipinski definition) is 3. The second-order valence-corrected chi connectivity index (χ2v) is 5.40. The van der Waals surface area contributed by atoms with Crippen molar-refractivity contribution in [3.63, 3.8) is 0 Å².